The van der Waals surface area contributed by atoms with Crippen molar-refractivity contribution >= 4 is 11.9 Å². The molecular formula is C64H126O4. The van der Waals surface area contributed by atoms with Crippen LogP contribution in [0.25, 0.3) is 0 Å². The summed E-state index contributed by atoms with van der Waals surface area (Å²) in [6, 6.07) is 0. The van der Waals surface area contributed by atoms with E-state index < -0.39 is 0 Å². The molecule has 0 aliphatic heterocycles. The van der Waals surface area contributed by atoms with Gasteiger partial charge in [0.2, 0.25) is 0 Å². The van der Waals surface area contributed by atoms with Crippen LogP contribution in [0.4, 0.5) is 0 Å². The van der Waals surface area contributed by atoms with Gasteiger partial charge in [0.15, 0.2) is 0 Å². The zero-order chi connectivity index (χ0) is 49.2. The van der Waals surface area contributed by atoms with Crippen molar-refractivity contribution < 1.29 is 19.1 Å². The molecule has 0 radical (unpaired) electrons. The lowest BCUT2D eigenvalue weighted by molar-refractivity contribution is -0.144. The molecule has 0 aromatic carbocycles. The summed E-state index contributed by atoms with van der Waals surface area (Å²) in [5.74, 6) is 0.927. The molecule has 0 spiro atoms. The fourth-order valence-corrected chi connectivity index (χ4v) is 10.4. The van der Waals surface area contributed by atoms with Gasteiger partial charge in [-0.3, -0.25) is 9.59 Å². The first-order chi connectivity index (χ1) is 33.6. The maximum absolute atomic E-state index is 12.2. The van der Waals surface area contributed by atoms with Crippen LogP contribution in [-0.4, -0.2) is 25.2 Å². The van der Waals surface area contributed by atoms with Gasteiger partial charge in [-0.2, -0.15) is 0 Å². The van der Waals surface area contributed by atoms with Gasteiger partial charge in [-0.1, -0.05) is 342 Å². The highest BCUT2D eigenvalue weighted by Gasteiger charge is 2.08. The Labute approximate surface area is 428 Å². The molecule has 0 heterocycles. The molecule has 0 bridgehead atoms. The van der Waals surface area contributed by atoms with E-state index in [-0.39, 0.29) is 11.9 Å². The van der Waals surface area contributed by atoms with E-state index in [1.165, 1.54) is 321 Å². The minimum absolute atomic E-state index is 0.0211. The van der Waals surface area contributed by atoms with Crippen molar-refractivity contribution in [3.8, 4) is 0 Å². The number of carbonyl (C=O) groups is 2. The predicted octanol–water partition coefficient (Wildman–Crippen LogP) is 22.6. The lowest BCUT2D eigenvalue weighted by Gasteiger charge is -2.14. The highest BCUT2D eigenvalue weighted by atomic mass is 16.5. The Bertz CT molecular complexity index is 948. The lowest BCUT2D eigenvalue weighted by Crippen LogP contribution is -2.05. The van der Waals surface area contributed by atoms with Gasteiger partial charge in [-0.25, -0.2) is 0 Å². The fraction of sp³-hybridized carbons (Fsp3) is 0.969. The van der Waals surface area contributed by atoms with Crippen molar-refractivity contribution in [3.63, 3.8) is 0 Å². The van der Waals surface area contributed by atoms with Gasteiger partial charge in [-0.05, 0) is 31.6 Å². The molecule has 0 rings (SSSR count). The summed E-state index contributed by atoms with van der Waals surface area (Å²) in [7, 11) is 0. The molecule has 0 aromatic rings. The standard InChI is InChI=1S/C64H126O4/c1-4-7-9-11-13-15-17-19-21-23-25-27-29-31-33-37-41-45-52-58-63(65)67-60-54-48-43-39-35-36-40-44-50-56-62(6-3)57-51-47-49-55-61-68-64(66)59-53-46-42-38-34-32-30-28-26-24-22-20-18-16-14-12-10-8-5-2/h62H,4-61H2,1-3H3. The van der Waals surface area contributed by atoms with Gasteiger partial charge in [0, 0.05) is 12.8 Å². The molecule has 1 atom stereocenters. The quantitative estimate of drug-likeness (QED) is 0.0450. The molecular weight excluding hydrogens is 833 g/mol. The number of unbranched alkanes of at least 4 members (excludes halogenated alkanes) is 47. The van der Waals surface area contributed by atoms with Crippen molar-refractivity contribution in [3.05, 3.63) is 0 Å². The third kappa shape index (κ3) is 57.5. The summed E-state index contributed by atoms with van der Waals surface area (Å²) in [4.78, 5) is 24.3. The van der Waals surface area contributed by atoms with Gasteiger partial charge < -0.3 is 9.47 Å². The van der Waals surface area contributed by atoms with Crippen LogP contribution in [0.15, 0.2) is 0 Å². The predicted molar refractivity (Wildman–Crippen MR) is 301 cm³/mol. The van der Waals surface area contributed by atoms with Crippen LogP contribution in [0.5, 0.6) is 0 Å². The first-order valence-electron chi connectivity index (χ1n) is 31.9. The molecule has 0 aliphatic rings. The Balaban J connectivity index is 3.34. The normalized spacial score (nSPS) is 12.0. The number of hydrogen-bond donors (Lipinski definition) is 0. The van der Waals surface area contributed by atoms with Crippen molar-refractivity contribution in [1.29, 1.82) is 0 Å². The van der Waals surface area contributed by atoms with E-state index >= 15 is 0 Å². The first-order valence-corrected chi connectivity index (χ1v) is 31.9. The number of ether oxygens (including phenoxy) is 2. The molecule has 0 amide bonds. The summed E-state index contributed by atoms with van der Waals surface area (Å²) >= 11 is 0. The van der Waals surface area contributed by atoms with Gasteiger partial charge in [0.25, 0.3) is 0 Å². The average Bonchev–Trinajstić information content (AvgIpc) is 3.34. The minimum Gasteiger partial charge on any atom is -0.466 e. The van der Waals surface area contributed by atoms with Crippen molar-refractivity contribution in [1.82, 2.24) is 0 Å². The highest BCUT2D eigenvalue weighted by molar-refractivity contribution is 5.69. The van der Waals surface area contributed by atoms with Gasteiger partial charge in [0.05, 0.1) is 13.2 Å². The fourth-order valence-electron chi connectivity index (χ4n) is 10.4. The molecule has 4 heteroatoms. The maximum Gasteiger partial charge on any atom is 0.305 e. The van der Waals surface area contributed by atoms with Crippen LogP contribution in [0, 0.1) is 5.92 Å². The zero-order valence-electron chi connectivity index (χ0n) is 47.2. The zero-order valence-corrected chi connectivity index (χ0v) is 47.2. The second-order valence-corrected chi connectivity index (χ2v) is 22.1. The van der Waals surface area contributed by atoms with Crippen molar-refractivity contribution in [2.24, 2.45) is 5.92 Å². The Hall–Kier alpha value is -1.06. The van der Waals surface area contributed by atoms with E-state index in [0.717, 1.165) is 31.6 Å². The van der Waals surface area contributed by atoms with E-state index in [1.807, 2.05) is 0 Å². The molecule has 0 saturated heterocycles. The van der Waals surface area contributed by atoms with E-state index in [9.17, 15) is 9.59 Å². The van der Waals surface area contributed by atoms with Crippen LogP contribution in [0.1, 0.15) is 380 Å². The van der Waals surface area contributed by atoms with Crippen LogP contribution in [0.3, 0.4) is 0 Å². The summed E-state index contributed by atoms with van der Waals surface area (Å²) in [6.07, 6.45) is 74.2. The van der Waals surface area contributed by atoms with Gasteiger partial charge >= 0.3 is 11.9 Å². The second-order valence-electron chi connectivity index (χ2n) is 22.1. The molecule has 406 valence electrons. The maximum atomic E-state index is 12.2. The topological polar surface area (TPSA) is 52.6 Å². The van der Waals surface area contributed by atoms with E-state index in [0.29, 0.717) is 26.1 Å². The number of rotatable bonds is 60. The molecule has 0 aromatic heterocycles. The van der Waals surface area contributed by atoms with Crippen molar-refractivity contribution in [2.75, 3.05) is 13.2 Å². The number of carbonyl (C=O) groups excluding carboxylic acids is 2. The summed E-state index contributed by atoms with van der Waals surface area (Å²) < 4.78 is 11.1. The van der Waals surface area contributed by atoms with Crippen LogP contribution in [-0.2, 0) is 19.1 Å². The van der Waals surface area contributed by atoms with Crippen molar-refractivity contribution in [2.45, 2.75) is 380 Å². The summed E-state index contributed by atoms with van der Waals surface area (Å²) in [6.45, 7) is 8.20. The van der Waals surface area contributed by atoms with Crippen LogP contribution in [0.2, 0.25) is 0 Å². The third-order valence-corrected chi connectivity index (χ3v) is 15.3. The highest BCUT2D eigenvalue weighted by Crippen LogP contribution is 2.22. The monoisotopic (exact) mass is 959 g/mol. The number of esters is 2. The SMILES string of the molecule is CCCCCCCCCCCCCCCCCCCCCC(=O)OCCCCCCCCCCCC(CC)CCCCCCOC(=O)CCCCCCCCCCCCCCCCCCCCC. The largest absolute Gasteiger partial charge is 0.466 e. The number of hydrogen-bond acceptors (Lipinski definition) is 4. The van der Waals surface area contributed by atoms with Crippen LogP contribution >= 0.6 is 0 Å². The Morgan fingerprint density at radius 2 is 0.441 bits per heavy atom. The summed E-state index contributed by atoms with van der Waals surface area (Å²) in [5, 5.41) is 0. The molecule has 4 nitrogen and oxygen atoms in total. The Morgan fingerprint density at radius 1 is 0.250 bits per heavy atom. The van der Waals surface area contributed by atoms with E-state index in [2.05, 4.69) is 20.8 Å². The van der Waals surface area contributed by atoms with Crippen LogP contribution < -0.4 is 0 Å². The third-order valence-electron chi connectivity index (χ3n) is 15.3. The van der Waals surface area contributed by atoms with E-state index in [1.54, 1.807) is 0 Å². The molecule has 0 N–H and O–H groups in total. The molecule has 1 unspecified atom stereocenters. The average molecular weight is 960 g/mol. The Kier molecular flexibility index (Phi) is 59.3. The minimum atomic E-state index is 0.0211. The first kappa shape index (κ1) is 66.9. The van der Waals surface area contributed by atoms with Gasteiger partial charge in [-0.15, -0.1) is 0 Å². The molecule has 0 saturated carbocycles. The lowest BCUT2D eigenvalue weighted by atomic mass is 9.92. The van der Waals surface area contributed by atoms with E-state index in [4.69, 9.17) is 9.47 Å². The van der Waals surface area contributed by atoms with Gasteiger partial charge in [0.1, 0.15) is 0 Å². The Morgan fingerprint density at radius 3 is 0.662 bits per heavy atom. The smallest absolute Gasteiger partial charge is 0.305 e. The molecule has 68 heavy (non-hydrogen) atoms. The second kappa shape index (κ2) is 60.2. The summed E-state index contributed by atoms with van der Waals surface area (Å²) in [5.41, 5.74) is 0. The molecule has 0 aliphatic carbocycles. The molecule has 0 fully saturated rings.